The summed E-state index contributed by atoms with van der Waals surface area (Å²) in [7, 11) is 1.81. The van der Waals surface area contributed by atoms with Crippen molar-refractivity contribution in [2.24, 2.45) is 0 Å². The van der Waals surface area contributed by atoms with Gasteiger partial charge in [-0.05, 0) is 18.2 Å². The van der Waals surface area contributed by atoms with Crippen molar-refractivity contribution in [1.82, 2.24) is 0 Å². The van der Waals surface area contributed by atoms with Crippen LogP contribution in [0.2, 0.25) is 0 Å². The number of benzene rings is 1. The van der Waals surface area contributed by atoms with Gasteiger partial charge in [0, 0.05) is 14.2 Å². The molecule has 0 spiro atoms. The van der Waals surface area contributed by atoms with E-state index in [-0.39, 0.29) is 0 Å². The first-order valence-electron chi connectivity index (χ1n) is 4.56. The zero-order valence-electron chi connectivity index (χ0n) is 8.86. The molecule has 3 heteroatoms. The van der Waals surface area contributed by atoms with Crippen molar-refractivity contribution in [2.45, 2.75) is 6.92 Å². The largest absolute Gasteiger partial charge is 0.397 e. The van der Waals surface area contributed by atoms with Gasteiger partial charge in [0.15, 0.2) is 0 Å². The highest BCUT2D eigenvalue weighted by atomic mass is 28.3. The molecule has 14 heavy (non-hydrogen) atoms. The van der Waals surface area contributed by atoms with Crippen LogP contribution in [-0.2, 0) is 8.85 Å². The van der Waals surface area contributed by atoms with Crippen LogP contribution in [0.1, 0.15) is 11.1 Å². The van der Waals surface area contributed by atoms with E-state index in [1.54, 1.807) is 14.2 Å². The highest BCUT2D eigenvalue weighted by Crippen LogP contribution is 2.05. The molecule has 1 aromatic carbocycles. The molecule has 0 aliphatic heterocycles. The summed E-state index contributed by atoms with van der Waals surface area (Å²) in [5.41, 5.74) is 4.47. The quantitative estimate of drug-likeness (QED) is 0.705. The Labute approximate surface area is 87.0 Å². The molecule has 0 unspecified atom stereocenters. The lowest BCUT2D eigenvalue weighted by atomic mass is 10.2. The van der Waals surface area contributed by atoms with E-state index in [9.17, 15) is 0 Å². The third kappa shape index (κ3) is 3.45. The average Bonchev–Trinajstić information content (AvgIpc) is 2.22. The molecule has 0 aliphatic carbocycles. The summed E-state index contributed by atoms with van der Waals surface area (Å²) in [6.07, 6.45) is 2.04. The second kappa shape index (κ2) is 5.75. The number of hydrogen-bond donors (Lipinski definition) is 0. The van der Waals surface area contributed by atoms with Crippen LogP contribution in [0.15, 0.2) is 30.0 Å². The zero-order chi connectivity index (χ0) is 10.4. The van der Waals surface area contributed by atoms with E-state index < -0.39 is 9.28 Å². The summed E-state index contributed by atoms with van der Waals surface area (Å²) in [4.78, 5) is 0. The predicted molar refractivity (Wildman–Crippen MR) is 61.4 cm³/mol. The van der Waals surface area contributed by atoms with Crippen molar-refractivity contribution in [3.05, 3.63) is 41.1 Å². The lowest BCUT2D eigenvalue weighted by molar-refractivity contribution is 0.291. The van der Waals surface area contributed by atoms with Crippen molar-refractivity contribution < 1.29 is 8.85 Å². The lowest BCUT2D eigenvalue weighted by Crippen LogP contribution is -2.15. The molecule has 0 aliphatic rings. The van der Waals surface area contributed by atoms with Gasteiger partial charge in [0.1, 0.15) is 0 Å². The van der Waals surface area contributed by atoms with Crippen LogP contribution in [0.5, 0.6) is 0 Å². The van der Waals surface area contributed by atoms with Crippen LogP contribution in [0.4, 0.5) is 0 Å². The molecule has 0 heterocycles. The minimum Gasteiger partial charge on any atom is -0.397 e. The molecule has 0 atom stereocenters. The zero-order valence-corrected chi connectivity index (χ0v) is 10.0. The van der Waals surface area contributed by atoms with Crippen LogP contribution < -0.4 is 0 Å². The van der Waals surface area contributed by atoms with Crippen molar-refractivity contribution in [3.8, 4) is 0 Å². The average molecular weight is 208 g/mol. The van der Waals surface area contributed by atoms with Gasteiger partial charge in [0.25, 0.3) is 0 Å². The molecule has 76 valence electrons. The van der Waals surface area contributed by atoms with Gasteiger partial charge >= 0.3 is 9.28 Å². The Balaban J connectivity index is 2.63. The molecule has 2 nitrogen and oxygen atoms in total. The summed E-state index contributed by atoms with van der Waals surface area (Å²) in [6, 6.07) is 8.36. The van der Waals surface area contributed by atoms with Gasteiger partial charge in [-0.2, -0.15) is 0 Å². The fourth-order valence-electron chi connectivity index (χ4n) is 1.12. The van der Waals surface area contributed by atoms with E-state index in [2.05, 4.69) is 31.2 Å². The van der Waals surface area contributed by atoms with Crippen LogP contribution in [0.25, 0.3) is 6.08 Å². The molecule has 0 radical (unpaired) electrons. The highest BCUT2D eigenvalue weighted by Gasteiger charge is 2.02. The molecule has 1 aromatic rings. The van der Waals surface area contributed by atoms with E-state index in [0.717, 1.165) is 0 Å². The highest BCUT2D eigenvalue weighted by molar-refractivity contribution is 6.51. The first-order chi connectivity index (χ1) is 6.76. The molecule has 0 aromatic heterocycles. The third-order valence-electron chi connectivity index (χ3n) is 1.99. The summed E-state index contributed by atoms with van der Waals surface area (Å²) in [5.74, 6) is 0. The Bertz CT molecular complexity index is 289. The topological polar surface area (TPSA) is 18.5 Å². The standard InChI is InChI=1S/C11H16O2Si/c1-10-4-6-11(7-5-10)8-9-14(12-2)13-3/h4-9,14H,1-3H3. The van der Waals surface area contributed by atoms with Crippen LogP contribution in [-0.4, -0.2) is 23.5 Å². The summed E-state index contributed by atoms with van der Waals surface area (Å²) in [5, 5.41) is 0. The monoisotopic (exact) mass is 208 g/mol. The molecule has 0 amide bonds. The predicted octanol–water partition coefficient (Wildman–Crippen LogP) is 2.06. The van der Waals surface area contributed by atoms with Gasteiger partial charge in [-0.1, -0.05) is 35.9 Å². The van der Waals surface area contributed by atoms with Crippen LogP contribution in [0, 0.1) is 6.92 Å². The lowest BCUT2D eigenvalue weighted by Gasteiger charge is -2.04. The van der Waals surface area contributed by atoms with E-state index >= 15 is 0 Å². The number of aryl methyl sites for hydroxylation is 1. The second-order valence-electron chi connectivity index (χ2n) is 3.11. The molecule has 0 saturated carbocycles. The van der Waals surface area contributed by atoms with E-state index in [1.165, 1.54) is 11.1 Å². The Hall–Kier alpha value is -0.903. The maximum atomic E-state index is 5.17. The van der Waals surface area contributed by atoms with Gasteiger partial charge in [-0.3, -0.25) is 0 Å². The van der Waals surface area contributed by atoms with Gasteiger partial charge in [-0.25, -0.2) is 0 Å². The third-order valence-corrected chi connectivity index (χ3v) is 3.42. The maximum Gasteiger partial charge on any atom is 0.347 e. The van der Waals surface area contributed by atoms with Gasteiger partial charge in [-0.15, -0.1) is 0 Å². The van der Waals surface area contributed by atoms with Crippen molar-refractivity contribution in [1.29, 1.82) is 0 Å². The summed E-state index contributed by atoms with van der Waals surface area (Å²) >= 11 is 0. The minimum atomic E-state index is -1.55. The SMILES string of the molecule is CO[SiH](C=Cc1ccc(C)cc1)OC. The molecular formula is C11H16O2Si. The Kier molecular flexibility index (Phi) is 4.59. The first-order valence-corrected chi connectivity index (χ1v) is 6.17. The summed E-state index contributed by atoms with van der Waals surface area (Å²) in [6.45, 7) is 2.08. The molecule has 0 fully saturated rings. The second-order valence-corrected chi connectivity index (χ2v) is 5.17. The normalized spacial score (nSPS) is 11.4. The molecule has 0 N–H and O–H groups in total. The smallest absolute Gasteiger partial charge is 0.347 e. The maximum absolute atomic E-state index is 5.17. The Morgan fingerprint density at radius 3 is 2.14 bits per heavy atom. The van der Waals surface area contributed by atoms with Gasteiger partial charge in [0.05, 0.1) is 0 Å². The Morgan fingerprint density at radius 1 is 1.07 bits per heavy atom. The number of rotatable bonds is 4. The number of hydrogen-bond acceptors (Lipinski definition) is 2. The minimum absolute atomic E-state index is 1.18. The van der Waals surface area contributed by atoms with Crippen LogP contribution >= 0.6 is 0 Å². The van der Waals surface area contributed by atoms with E-state index in [1.807, 2.05) is 11.8 Å². The van der Waals surface area contributed by atoms with E-state index in [0.29, 0.717) is 0 Å². The molecule has 1 rings (SSSR count). The van der Waals surface area contributed by atoms with Gasteiger partial charge < -0.3 is 8.85 Å². The van der Waals surface area contributed by atoms with Crippen molar-refractivity contribution in [3.63, 3.8) is 0 Å². The first kappa shape index (κ1) is 11.2. The van der Waals surface area contributed by atoms with E-state index in [4.69, 9.17) is 8.85 Å². The fourth-order valence-corrected chi connectivity index (χ4v) is 2.01. The van der Waals surface area contributed by atoms with Crippen LogP contribution in [0.3, 0.4) is 0 Å². The summed E-state index contributed by atoms with van der Waals surface area (Å²) < 4.78 is 10.3. The van der Waals surface area contributed by atoms with Crippen molar-refractivity contribution in [2.75, 3.05) is 14.2 Å². The fraction of sp³-hybridized carbons (Fsp3) is 0.273. The molecule has 0 saturated heterocycles. The molecular weight excluding hydrogens is 192 g/mol. The molecule has 0 bridgehead atoms. The Morgan fingerprint density at radius 2 is 1.64 bits per heavy atom. The van der Waals surface area contributed by atoms with Gasteiger partial charge in [0.2, 0.25) is 0 Å². The van der Waals surface area contributed by atoms with Crippen molar-refractivity contribution >= 4 is 15.4 Å².